The Kier molecular flexibility index (Phi) is 5.02. The normalized spacial score (nSPS) is 15.9. The molecule has 0 bridgehead atoms. The van der Waals surface area contributed by atoms with Crippen LogP contribution >= 0.6 is 11.3 Å². The lowest BCUT2D eigenvalue weighted by atomic mass is 10.2. The van der Waals surface area contributed by atoms with Crippen LogP contribution in [-0.2, 0) is 4.74 Å². The molecule has 1 aromatic heterocycles. The van der Waals surface area contributed by atoms with Crippen molar-refractivity contribution in [3.8, 4) is 11.3 Å². The van der Waals surface area contributed by atoms with E-state index in [9.17, 15) is 4.39 Å². The number of hydrogen-bond donors (Lipinski definition) is 0. The van der Waals surface area contributed by atoms with E-state index in [2.05, 4.69) is 21.8 Å². The highest BCUT2D eigenvalue weighted by Gasteiger charge is 2.13. The molecule has 3 rings (SSSR count). The molecule has 0 radical (unpaired) electrons. The smallest absolute Gasteiger partial charge is 0.185 e. The number of anilines is 1. The lowest BCUT2D eigenvalue weighted by molar-refractivity contribution is 0.0393. The third kappa shape index (κ3) is 3.82. The van der Waals surface area contributed by atoms with E-state index in [1.165, 1.54) is 12.1 Å². The third-order valence-electron chi connectivity index (χ3n) is 3.81. The lowest BCUT2D eigenvalue weighted by Crippen LogP contribution is -2.40. The summed E-state index contributed by atoms with van der Waals surface area (Å²) in [6, 6.07) is 6.47. The quantitative estimate of drug-likeness (QED) is 0.847. The first-order valence-corrected chi connectivity index (χ1v) is 8.33. The van der Waals surface area contributed by atoms with Crippen molar-refractivity contribution >= 4 is 16.5 Å². The summed E-state index contributed by atoms with van der Waals surface area (Å²) in [5.41, 5.74) is 1.85. The molecule has 0 saturated carbocycles. The standard InChI is InChI=1S/C16H20FN3OS/c1-19(6-7-20-8-10-21-11-9-20)16-18-15(12-22-16)13-2-4-14(17)5-3-13/h2-5,12H,6-11H2,1H3. The molecule has 2 aromatic rings. The summed E-state index contributed by atoms with van der Waals surface area (Å²) >= 11 is 1.62. The Hall–Kier alpha value is -1.50. The zero-order valence-corrected chi connectivity index (χ0v) is 13.5. The number of ether oxygens (including phenoxy) is 1. The Bertz CT molecular complexity index is 596. The van der Waals surface area contributed by atoms with Gasteiger partial charge < -0.3 is 9.64 Å². The molecule has 118 valence electrons. The van der Waals surface area contributed by atoms with Gasteiger partial charge in [0.1, 0.15) is 5.82 Å². The van der Waals surface area contributed by atoms with Crippen molar-refractivity contribution in [3.05, 3.63) is 35.5 Å². The summed E-state index contributed by atoms with van der Waals surface area (Å²) in [6.45, 7) is 5.63. The van der Waals surface area contributed by atoms with Crippen LogP contribution in [0.5, 0.6) is 0 Å². The van der Waals surface area contributed by atoms with E-state index in [1.54, 1.807) is 23.5 Å². The molecule has 1 fully saturated rings. The molecule has 1 aliphatic heterocycles. The molecule has 0 unspecified atom stereocenters. The van der Waals surface area contributed by atoms with Gasteiger partial charge in [-0.15, -0.1) is 11.3 Å². The number of hydrogen-bond acceptors (Lipinski definition) is 5. The highest BCUT2D eigenvalue weighted by molar-refractivity contribution is 7.14. The minimum absolute atomic E-state index is 0.221. The van der Waals surface area contributed by atoms with Crippen LogP contribution in [0.25, 0.3) is 11.3 Å². The van der Waals surface area contributed by atoms with Gasteiger partial charge in [-0.2, -0.15) is 0 Å². The van der Waals surface area contributed by atoms with Crippen molar-refractivity contribution in [2.75, 3.05) is 51.3 Å². The molecule has 2 heterocycles. The number of aromatic nitrogens is 1. The topological polar surface area (TPSA) is 28.6 Å². The largest absolute Gasteiger partial charge is 0.379 e. The van der Waals surface area contributed by atoms with Crippen molar-refractivity contribution in [3.63, 3.8) is 0 Å². The molecule has 0 aliphatic carbocycles. The van der Waals surface area contributed by atoms with Crippen LogP contribution in [0.2, 0.25) is 0 Å². The van der Waals surface area contributed by atoms with Gasteiger partial charge in [0.05, 0.1) is 18.9 Å². The van der Waals surface area contributed by atoms with Crippen molar-refractivity contribution < 1.29 is 9.13 Å². The molecule has 0 N–H and O–H groups in total. The van der Waals surface area contributed by atoms with Gasteiger partial charge in [0.25, 0.3) is 0 Å². The fourth-order valence-electron chi connectivity index (χ4n) is 2.40. The SMILES string of the molecule is CN(CCN1CCOCC1)c1nc(-c2ccc(F)cc2)cs1. The number of morpholine rings is 1. The second kappa shape index (κ2) is 7.17. The molecule has 1 saturated heterocycles. The average Bonchev–Trinajstić information content (AvgIpc) is 3.04. The highest BCUT2D eigenvalue weighted by Crippen LogP contribution is 2.26. The lowest BCUT2D eigenvalue weighted by Gasteiger charge is -2.28. The number of likely N-dealkylation sites (N-methyl/N-ethyl adjacent to an activating group) is 1. The Morgan fingerprint density at radius 2 is 2.00 bits per heavy atom. The van der Waals surface area contributed by atoms with Gasteiger partial charge in [-0.25, -0.2) is 9.37 Å². The number of halogens is 1. The zero-order valence-electron chi connectivity index (χ0n) is 12.7. The Morgan fingerprint density at radius 1 is 1.27 bits per heavy atom. The summed E-state index contributed by atoms with van der Waals surface area (Å²) in [5, 5.41) is 3.01. The second-order valence-corrected chi connectivity index (χ2v) is 6.23. The zero-order chi connectivity index (χ0) is 15.4. The first-order valence-electron chi connectivity index (χ1n) is 7.45. The number of thiazole rings is 1. The van der Waals surface area contributed by atoms with Crippen LogP contribution in [-0.4, -0.2) is 56.3 Å². The number of rotatable bonds is 5. The summed E-state index contributed by atoms with van der Waals surface area (Å²) in [5.74, 6) is -0.221. The van der Waals surface area contributed by atoms with E-state index in [0.717, 1.165) is 55.8 Å². The van der Waals surface area contributed by atoms with E-state index < -0.39 is 0 Å². The fraction of sp³-hybridized carbons (Fsp3) is 0.438. The first kappa shape index (κ1) is 15.4. The van der Waals surface area contributed by atoms with E-state index in [0.29, 0.717) is 0 Å². The predicted octanol–water partition coefficient (Wildman–Crippen LogP) is 2.72. The van der Waals surface area contributed by atoms with Crippen LogP contribution < -0.4 is 4.90 Å². The summed E-state index contributed by atoms with van der Waals surface area (Å²) in [4.78, 5) is 9.24. The van der Waals surface area contributed by atoms with Gasteiger partial charge in [0.15, 0.2) is 5.13 Å². The Balaban J connectivity index is 1.59. The Labute approximate surface area is 134 Å². The molecule has 4 nitrogen and oxygen atoms in total. The van der Waals surface area contributed by atoms with E-state index >= 15 is 0 Å². The number of nitrogens with zero attached hydrogens (tertiary/aromatic N) is 3. The minimum atomic E-state index is -0.221. The summed E-state index contributed by atoms with van der Waals surface area (Å²) < 4.78 is 18.3. The van der Waals surface area contributed by atoms with E-state index in [-0.39, 0.29) is 5.82 Å². The summed E-state index contributed by atoms with van der Waals surface area (Å²) in [6.07, 6.45) is 0. The molecule has 0 amide bonds. The van der Waals surface area contributed by atoms with Crippen molar-refractivity contribution in [1.29, 1.82) is 0 Å². The minimum Gasteiger partial charge on any atom is -0.379 e. The van der Waals surface area contributed by atoms with Crippen LogP contribution in [0.1, 0.15) is 0 Å². The molecule has 6 heteroatoms. The third-order valence-corrected chi connectivity index (χ3v) is 4.77. The molecule has 1 aliphatic rings. The van der Waals surface area contributed by atoms with E-state index in [1.807, 2.05) is 5.38 Å². The van der Waals surface area contributed by atoms with E-state index in [4.69, 9.17) is 4.74 Å². The van der Waals surface area contributed by atoms with Gasteiger partial charge in [0, 0.05) is 44.2 Å². The van der Waals surface area contributed by atoms with Crippen LogP contribution in [0, 0.1) is 5.82 Å². The molecular weight excluding hydrogens is 301 g/mol. The summed E-state index contributed by atoms with van der Waals surface area (Å²) in [7, 11) is 2.06. The molecule has 0 atom stereocenters. The Morgan fingerprint density at radius 3 is 2.73 bits per heavy atom. The van der Waals surface area contributed by atoms with Gasteiger partial charge in [-0.3, -0.25) is 4.90 Å². The van der Waals surface area contributed by atoms with Crippen molar-refractivity contribution in [2.45, 2.75) is 0 Å². The molecular formula is C16H20FN3OS. The maximum atomic E-state index is 13.0. The maximum absolute atomic E-state index is 13.0. The monoisotopic (exact) mass is 321 g/mol. The van der Waals surface area contributed by atoms with Crippen LogP contribution in [0.15, 0.2) is 29.6 Å². The maximum Gasteiger partial charge on any atom is 0.185 e. The first-order chi connectivity index (χ1) is 10.7. The van der Waals surface area contributed by atoms with Crippen molar-refractivity contribution in [1.82, 2.24) is 9.88 Å². The molecule has 0 spiro atoms. The fourth-order valence-corrected chi connectivity index (χ4v) is 3.23. The van der Waals surface area contributed by atoms with Gasteiger partial charge in [-0.05, 0) is 24.3 Å². The highest BCUT2D eigenvalue weighted by atomic mass is 32.1. The predicted molar refractivity (Wildman–Crippen MR) is 88.0 cm³/mol. The average molecular weight is 321 g/mol. The van der Waals surface area contributed by atoms with Crippen molar-refractivity contribution in [2.24, 2.45) is 0 Å². The van der Waals surface area contributed by atoms with Crippen LogP contribution in [0.3, 0.4) is 0 Å². The molecule has 1 aromatic carbocycles. The molecule has 22 heavy (non-hydrogen) atoms. The van der Waals surface area contributed by atoms with Gasteiger partial charge in [-0.1, -0.05) is 0 Å². The van der Waals surface area contributed by atoms with Crippen LogP contribution in [0.4, 0.5) is 9.52 Å². The number of benzene rings is 1. The van der Waals surface area contributed by atoms with Gasteiger partial charge in [0.2, 0.25) is 0 Å². The second-order valence-electron chi connectivity index (χ2n) is 5.40. The van der Waals surface area contributed by atoms with Gasteiger partial charge >= 0.3 is 0 Å².